The molecule has 118 valence electrons. The zero-order valence-corrected chi connectivity index (χ0v) is 12.8. The first kappa shape index (κ1) is 15.0. The van der Waals surface area contributed by atoms with E-state index in [0.717, 1.165) is 38.0 Å². The molecule has 0 bridgehead atoms. The van der Waals surface area contributed by atoms with Crippen LogP contribution in [0.2, 0.25) is 0 Å². The number of hydrogen-bond acceptors (Lipinski definition) is 3. The average Bonchev–Trinajstić information content (AvgIpc) is 2.54. The molecule has 3 rings (SSSR count). The predicted molar refractivity (Wildman–Crippen MR) is 85.5 cm³/mol. The van der Waals surface area contributed by atoms with Crippen LogP contribution >= 0.6 is 0 Å². The second-order valence-electron chi connectivity index (χ2n) is 6.14. The molecule has 1 aromatic rings. The molecule has 1 aromatic carbocycles. The number of anilines is 1. The molecule has 22 heavy (non-hydrogen) atoms. The number of fused-ring (bicyclic) bond motifs is 1. The van der Waals surface area contributed by atoms with Crippen LogP contribution in [0.3, 0.4) is 0 Å². The van der Waals surface area contributed by atoms with E-state index in [1.807, 2.05) is 23.1 Å². The smallest absolute Gasteiger partial charge is 0.227 e. The third kappa shape index (κ3) is 3.14. The number of para-hydroxylation sites is 1. The van der Waals surface area contributed by atoms with E-state index in [0.29, 0.717) is 19.4 Å². The van der Waals surface area contributed by atoms with Gasteiger partial charge in [0.05, 0.1) is 0 Å². The van der Waals surface area contributed by atoms with Gasteiger partial charge in [0.2, 0.25) is 11.8 Å². The summed E-state index contributed by atoms with van der Waals surface area (Å²) in [6.07, 6.45) is 3.46. The Kier molecular flexibility index (Phi) is 4.43. The molecule has 0 radical (unpaired) electrons. The van der Waals surface area contributed by atoms with E-state index in [2.05, 4.69) is 6.07 Å². The maximum Gasteiger partial charge on any atom is 0.227 e. The summed E-state index contributed by atoms with van der Waals surface area (Å²) in [5.74, 6) is 0.245. The van der Waals surface area contributed by atoms with Gasteiger partial charge in [0.15, 0.2) is 0 Å². The monoisotopic (exact) mass is 301 g/mol. The molecule has 1 saturated heterocycles. The zero-order valence-electron chi connectivity index (χ0n) is 12.8. The van der Waals surface area contributed by atoms with Crippen LogP contribution < -0.4 is 10.6 Å². The molecule has 2 N–H and O–H groups in total. The van der Waals surface area contributed by atoms with Gasteiger partial charge in [-0.1, -0.05) is 18.2 Å². The van der Waals surface area contributed by atoms with Gasteiger partial charge in [0.25, 0.3) is 0 Å². The van der Waals surface area contributed by atoms with Crippen LogP contribution in [0.1, 0.15) is 31.2 Å². The standard InChI is InChI=1S/C17H23N3O2/c18-14-7-10-19(11-8-14)16(21)9-12-20-15-4-2-1-3-13(15)5-6-17(20)22/h1-4,14H,5-12,18H2. The third-order valence-corrected chi connectivity index (χ3v) is 4.63. The number of hydrogen-bond donors (Lipinski definition) is 1. The van der Waals surface area contributed by atoms with Gasteiger partial charge in [0.1, 0.15) is 0 Å². The lowest BCUT2D eigenvalue weighted by atomic mass is 10.0. The van der Waals surface area contributed by atoms with E-state index in [-0.39, 0.29) is 17.9 Å². The number of likely N-dealkylation sites (tertiary alicyclic amines) is 1. The van der Waals surface area contributed by atoms with Crippen LogP contribution in [0.4, 0.5) is 5.69 Å². The summed E-state index contributed by atoms with van der Waals surface area (Å²) in [4.78, 5) is 28.1. The number of piperidine rings is 1. The zero-order chi connectivity index (χ0) is 15.5. The molecule has 2 aliphatic rings. The van der Waals surface area contributed by atoms with Crippen molar-refractivity contribution in [2.24, 2.45) is 5.73 Å². The summed E-state index contributed by atoms with van der Waals surface area (Å²) in [6.45, 7) is 1.95. The Labute approximate surface area is 131 Å². The Morgan fingerprint density at radius 1 is 1.18 bits per heavy atom. The van der Waals surface area contributed by atoms with E-state index in [4.69, 9.17) is 5.73 Å². The van der Waals surface area contributed by atoms with Crippen molar-refractivity contribution in [3.8, 4) is 0 Å². The van der Waals surface area contributed by atoms with Crippen molar-refractivity contribution in [2.75, 3.05) is 24.5 Å². The van der Waals surface area contributed by atoms with E-state index < -0.39 is 0 Å². The van der Waals surface area contributed by atoms with Crippen LogP contribution in [0.5, 0.6) is 0 Å². The van der Waals surface area contributed by atoms with Crippen LogP contribution in [0, 0.1) is 0 Å². The van der Waals surface area contributed by atoms with Crippen LogP contribution in [0.15, 0.2) is 24.3 Å². The first-order valence-corrected chi connectivity index (χ1v) is 8.07. The van der Waals surface area contributed by atoms with Crippen molar-refractivity contribution in [3.05, 3.63) is 29.8 Å². The molecule has 0 atom stereocenters. The van der Waals surface area contributed by atoms with Crippen molar-refractivity contribution in [1.82, 2.24) is 4.90 Å². The highest BCUT2D eigenvalue weighted by atomic mass is 16.2. The van der Waals surface area contributed by atoms with E-state index >= 15 is 0 Å². The Balaban J connectivity index is 1.61. The van der Waals surface area contributed by atoms with Crippen molar-refractivity contribution < 1.29 is 9.59 Å². The molecular weight excluding hydrogens is 278 g/mol. The lowest BCUT2D eigenvalue weighted by Crippen LogP contribution is -2.44. The molecule has 1 fully saturated rings. The highest BCUT2D eigenvalue weighted by Gasteiger charge is 2.26. The van der Waals surface area contributed by atoms with Gasteiger partial charge in [-0.3, -0.25) is 9.59 Å². The number of benzene rings is 1. The van der Waals surface area contributed by atoms with E-state index in [1.54, 1.807) is 4.90 Å². The summed E-state index contributed by atoms with van der Waals surface area (Å²) < 4.78 is 0. The van der Waals surface area contributed by atoms with Crippen LogP contribution in [-0.2, 0) is 16.0 Å². The molecule has 0 spiro atoms. The molecule has 0 unspecified atom stereocenters. The third-order valence-electron chi connectivity index (χ3n) is 4.63. The van der Waals surface area contributed by atoms with Gasteiger partial charge < -0.3 is 15.5 Å². The van der Waals surface area contributed by atoms with Gasteiger partial charge in [-0.25, -0.2) is 0 Å². The summed E-state index contributed by atoms with van der Waals surface area (Å²) in [5, 5.41) is 0. The van der Waals surface area contributed by atoms with Crippen molar-refractivity contribution in [1.29, 1.82) is 0 Å². The van der Waals surface area contributed by atoms with Crippen molar-refractivity contribution in [3.63, 3.8) is 0 Å². The molecule has 2 heterocycles. The maximum absolute atomic E-state index is 12.3. The average molecular weight is 301 g/mol. The fraction of sp³-hybridized carbons (Fsp3) is 0.529. The quantitative estimate of drug-likeness (QED) is 0.915. The predicted octanol–water partition coefficient (Wildman–Crippen LogP) is 1.31. The van der Waals surface area contributed by atoms with Crippen molar-refractivity contribution in [2.45, 2.75) is 38.1 Å². The first-order chi connectivity index (χ1) is 10.6. The first-order valence-electron chi connectivity index (χ1n) is 8.07. The van der Waals surface area contributed by atoms with Crippen molar-refractivity contribution >= 4 is 17.5 Å². The lowest BCUT2D eigenvalue weighted by molar-refractivity contribution is -0.132. The Morgan fingerprint density at radius 3 is 2.68 bits per heavy atom. The maximum atomic E-state index is 12.3. The number of aryl methyl sites for hydroxylation is 1. The highest BCUT2D eigenvalue weighted by molar-refractivity contribution is 5.97. The normalized spacial score (nSPS) is 19.2. The lowest BCUT2D eigenvalue weighted by Gasteiger charge is -2.32. The van der Waals surface area contributed by atoms with Crippen LogP contribution in [0.25, 0.3) is 0 Å². The second kappa shape index (κ2) is 6.48. The van der Waals surface area contributed by atoms with E-state index in [1.165, 1.54) is 5.56 Å². The summed E-state index contributed by atoms with van der Waals surface area (Å²) in [7, 11) is 0. The minimum atomic E-state index is 0.118. The number of nitrogens with two attached hydrogens (primary N) is 1. The number of amides is 2. The molecule has 0 saturated carbocycles. The van der Waals surface area contributed by atoms with Crippen LogP contribution in [-0.4, -0.2) is 42.4 Å². The summed E-state index contributed by atoms with van der Waals surface area (Å²) in [6, 6.07) is 8.19. The summed E-state index contributed by atoms with van der Waals surface area (Å²) >= 11 is 0. The SMILES string of the molecule is NC1CCN(C(=O)CCN2C(=O)CCc3ccccc32)CC1. The molecule has 2 aliphatic heterocycles. The fourth-order valence-electron chi connectivity index (χ4n) is 3.26. The Morgan fingerprint density at radius 2 is 1.91 bits per heavy atom. The minimum absolute atomic E-state index is 0.118. The number of carbonyl (C=O) groups excluding carboxylic acids is 2. The van der Waals surface area contributed by atoms with E-state index in [9.17, 15) is 9.59 Å². The van der Waals surface area contributed by atoms with Gasteiger partial charge in [0, 0.05) is 44.2 Å². The molecule has 0 aliphatic carbocycles. The molecule has 5 nitrogen and oxygen atoms in total. The number of nitrogens with zero attached hydrogens (tertiary/aromatic N) is 2. The second-order valence-corrected chi connectivity index (χ2v) is 6.14. The minimum Gasteiger partial charge on any atom is -0.343 e. The number of carbonyl (C=O) groups is 2. The fourth-order valence-corrected chi connectivity index (χ4v) is 3.26. The number of rotatable bonds is 3. The molecule has 2 amide bonds. The van der Waals surface area contributed by atoms with Gasteiger partial charge in [-0.05, 0) is 30.9 Å². The Bertz CT molecular complexity index is 565. The highest BCUT2D eigenvalue weighted by Crippen LogP contribution is 2.27. The van der Waals surface area contributed by atoms with Gasteiger partial charge in [-0.2, -0.15) is 0 Å². The molecular formula is C17H23N3O2. The largest absolute Gasteiger partial charge is 0.343 e. The topological polar surface area (TPSA) is 66.6 Å². The van der Waals surface area contributed by atoms with Gasteiger partial charge >= 0.3 is 0 Å². The Hall–Kier alpha value is -1.88. The molecule has 0 aromatic heterocycles. The van der Waals surface area contributed by atoms with Gasteiger partial charge in [-0.15, -0.1) is 0 Å². The summed E-state index contributed by atoms with van der Waals surface area (Å²) in [5.41, 5.74) is 8.03. The molecule has 5 heteroatoms.